The number of halogens is 6. The minimum Gasteiger partial charge on any atom is -0.207 e. The molecule has 90 valence electrons. The predicted octanol–water partition coefficient (Wildman–Crippen LogP) is 5.51. The van der Waals surface area contributed by atoms with Crippen LogP contribution in [0.25, 0.3) is 0 Å². The van der Waals surface area contributed by atoms with Crippen molar-refractivity contribution in [1.29, 1.82) is 0 Å². The SMILES string of the molecule is CC.Fc1ccc(S(F)(F)(F)(F)F)cc1. The third kappa shape index (κ3) is 4.46. The molecule has 0 nitrogen and oxygen atoms in total. The highest BCUT2D eigenvalue weighted by Crippen LogP contribution is 3.02. The molecular weight excluding hydrogens is 242 g/mol. The van der Waals surface area contributed by atoms with Crippen LogP contribution in [-0.4, -0.2) is 0 Å². The summed E-state index contributed by atoms with van der Waals surface area (Å²) in [5.74, 6) is -0.995. The summed E-state index contributed by atoms with van der Waals surface area (Å²) in [6.07, 6.45) is 0. The second-order valence-electron chi connectivity index (χ2n) is 2.42. The molecule has 1 rings (SSSR count). The molecule has 0 atom stereocenters. The molecule has 0 fully saturated rings. The highest BCUT2D eigenvalue weighted by Gasteiger charge is 2.65. The van der Waals surface area contributed by atoms with Crippen LogP contribution in [0.15, 0.2) is 29.2 Å². The van der Waals surface area contributed by atoms with E-state index in [1.807, 2.05) is 13.8 Å². The molecule has 0 bridgehead atoms. The topological polar surface area (TPSA) is 0 Å². The van der Waals surface area contributed by atoms with Gasteiger partial charge >= 0.3 is 10.2 Å². The Balaban J connectivity index is 0.000000921. The standard InChI is InChI=1S/C6H4F6S.C2H6/c7-5-1-3-6(4-2-5)13(8,9,10,11)12;1-2/h1-4H;1-2H3. The molecule has 0 radical (unpaired) electrons. The molecule has 0 saturated heterocycles. The molecule has 0 N–H and O–H groups in total. The van der Waals surface area contributed by atoms with E-state index in [0.29, 0.717) is 12.1 Å². The van der Waals surface area contributed by atoms with E-state index in [0.717, 1.165) is 0 Å². The summed E-state index contributed by atoms with van der Waals surface area (Å²) in [7, 11) is -9.62. The average molecular weight is 252 g/mol. The van der Waals surface area contributed by atoms with Crippen LogP contribution >= 0.6 is 10.2 Å². The summed E-state index contributed by atoms with van der Waals surface area (Å²) >= 11 is 0. The van der Waals surface area contributed by atoms with E-state index in [2.05, 4.69) is 0 Å². The minimum atomic E-state index is -9.62. The van der Waals surface area contributed by atoms with Gasteiger partial charge < -0.3 is 0 Å². The van der Waals surface area contributed by atoms with Gasteiger partial charge in [0.05, 0.1) is 0 Å². The maximum atomic E-state index is 12.1. The van der Waals surface area contributed by atoms with E-state index in [4.69, 9.17) is 0 Å². The lowest BCUT2D eigenvalue weighted by atomic mass is 10.4. The van der Waals surface area contributed by atoms with Gasteiger partial charge in [-0.15, -0.1) is 0 Å². The average Bonchev–Trinajstić information content (AvgIpc) is 2.04. The Labute approximate surface area is 83.6 Å². The maximum absolute atomic E-state index is 12.1. The van der Waals surface area contributed by atoms with Gasteiger partial charge in [0, 0.05) is 0 Å². The van der Waals surface area contributed by atoms with Crippen LogP contribution in [-0.2, 0) is 0 Å². The fraction of sp³-hybridized carbons (Fsp3) is 0.250. The number of hydrogen-bond donors (Lipinski definition) is 0. The van der Waals surface area contributed by atoms with Crippen molar-refractivity contribution in [2.75, 3.05) is 0 Å². The van der Waals surface area contributed by atoms with Gasteiger partial charge in [0.15, 0.2) is 0 Å². The third-order valence-electron chi connectivity index (χ3n) is 1.26. The molecule has 0 spiro atoms. The summed E-state index contributed by atoms with van der Waals surface area (Å²) in [6, 6.07) is 0.730. The molecule has 1 aromatic rings. The van der Waals surface area contributed by atoms with Crippen molar-refractivity contribution >= 4 is 10.2 Å². The van der Waals surface area contributed by atoms with E-state index in [1.165, 1.54) is 0 Å². The van der Waals surface area contributed by atoms with E-state index in [1.54, 1.807) is 0 Å². The van der Waals surface area contributed by atoms with Gasteiger partial charge in [-0.3, -0.25) is 0 Å². The molecule has 0 aliphatic rings. The molecule has 0 saturated carbocycles. The smallest absolute Gasteiger partial charge is 0.207 e. The normalized spacial score (nSPS) is 15.7. The van der Waals surface area contributed by atoms with Crippen LogP contribution in [0.4, 0.5) is 23.8 Å². The Morgan fingerprint density at radius 3 is 1.40 bits per heavy atom. The van der Waals surface area contributed by atoms with Gasteiger partial charge in [0.1, 0.15) is 10.7 Å². The third-order valence-corrected chi connectivity index (χ3v) is 2.42. The lowest BCUT2D eigenvalue weighted by Gasteiger charge is -2.40. The molecule has 0 aliphatic heterocycles. The van der Waals surface area contributed by atoms with Crippen molar-refractivity contribution in [3.8, 4) is 0 Å². The summed E-state index contributed by atoms with van der Waals surface area (Å²) in [4.78, 5) is -2.08. The molecule has 7 heteroatoms. The van der Waals surface area contributed by atoms with E-state index >= 15 is 0 Å². The Kier molecular flexibility index (Phi) is 3.14. The van der Waals surface area contributed by atoms with E-state index in [9.17, 15) is 23.8 Å². The Bertz CT molecular complexity index is 323. The molecule has 15 heavy (non-hydrogen) atoms. The van der Waals surface area contributed by atoms with Crippen molar-refractivity contribution < 1.29 is 23.8 Å². The summed E-state index contributed by atoms with van der Waals surface area (Å²) in [5.41, 5.74) is 0. The molecular formula is C8H10F6S. The number of benzene rings is 1. The fourth-order valence-electron chi connectivity index (χ4n) is 0.692. The van der Waals surface area contributed by atoms with Crippen LogP contribution in [0.1, 0.15) is 13.8 Å². The minimum absolute atomic E-state index is 0.0247. The van der Waals surface area contributed by atoms with Gasteiger partial charge in [0.2, 0.25) is 0 Å². The monoisotopic (exact) mass is 252 g/mol. The van der Waals surface area contributed by atoms with Crippen molar-refractivity contribution in [3.05, 3.63) is 30.1 Å². The molecule has 0 aromatic heterocycles. The van der Waals surface area contributed by atoms with Crippen LogP contribution in [0.5, 0.6) is 0 Å². The fourth-order valence-corrected chi connectivity index (χ4v) is 1.34. The number of rotatable bonds is 1. The van der Waals surface area contributed by atoms with Gasteiger partial charge in [-0.25, -0.2) is 4.39 Å². The lowest BCUT2D eigenvalue weighted by molar-refractivity contribution is 0.364. The highest BCUT2D eigenvalue weighted by molar-refractivity contribution is 8.45. The van der Waals surface area contributed by atoms with E-state index < -0.39 is 20.9 Å². The predicted molar refractivity (Wildman–Crippen MR) is 49.1 cm³/mol. The summed E-state index contributed by atoms with van der Waals surface area (Å²) < 4.78 is 71.9. The zero-order valence-corrected chi connectivity index (χ0v) is 8.80. The van der Waals surface area contributed by atoms with Crippen molar-refractivity contribution in [2.24, 2.45) is 0 Å². The van der Waals surface area contributed by atoms with Crippen molar-refractivity contribution in [1.82, 2.24) is 0 Å². The van der Waals surface area contributed by atoms with Crippen LogP contribution in [0.2, 0.25) is 0 Å². The van der Waals surface area contributed by atoms with Crippen LogP contribution in [0, 0.1) is 5.82 Å². The number of hydrogen-bond acceptors (Lipinski definition) is 0. The van der Waals surface area contributed by atoms with Gasteiger partial charge in [0.25, 0.3) is 0 Å². The first kappa shape index (κ1) is 14.2. The first-order chi connectivity index (χ1) is 6.49. The van der Waals surface area contributed by atoms with Gasteiger partial charge in [-0.1, -0.05) is 33.3 Å². The Morgan fingerprint density at radius 1 is 0.800 bits per heavy atom. The molecule has 0 heterocycles. The molecule has 1 aromatic carbocycles. The van der Waals surface area contributed by atoms with Gasteiger partial charge in [-0.2, -0.15) is 0 Å². The Hall–Kier alpha value is -0.850. The first-order valence-corrected chi connectivity index (χ1v) is 5.94. The summed E-state index contributed by atoms with van der Waals surface area (Å²) in [5, 5.41) is 0. The molecule has 0 aliphatic carbocycles. The van der Waals surface area contributed by atoms with Crippen molar-refractivity contribution in [2.45, 2.75) is 18.7 Å². The largest absolute Gasteiger partial charge is 0.310 e. The first-order valence-electron chi connectivity index (χ1n) is 3.99. The second-order valence-corrected chi connectivity index (χ2v) is 4.83. The zero-order valence-electron chi connectivity index (χ0n) is 7.99. The second kappa shape index (κ2) is 3.33. The summed E-state index contributed by atoms with van der Waals surface area (Å²) in [6.45, 7) is 4.00. The van der Waals surface area contributed by atoms with Crippen LogP contribution in [0.3, 0.4) is 0 Å². The zero-order chi connectivity index (χ0) is 12.4. The molecule has 0 amide bonds. The Morgan fingerprint density at radius 2 is 1.13 bits per heavy atom. The highest BCUT2D eigenvalue weighted by atomic mass is 32.5. The maximum Gasteiger partial charge on any atom is 0.310 e. The quantitative estimate of drug-likeness (QED) is 0.578. The lowest BCUT2D eigenvalue weighted by Crippen LogP contribution is -2.05. The van der Waals surface area contributed by atoms with Gasteiger partial charge in [-0.05, 0) is 24.3 Å². The van der Waals surface area contributed by atoms with Crippen molar-refractivity contribution in [3.63, 3.8) is 0 Å². The molecule has 0 unspecified atom stereocenters. The van der Waals surface area contributed by atoms with Crippen LogP contribution < -0.4 is 0 Å². The van der Waals surface area contributed by atoms with E-state index in [-0.39, 0.29) is 12.1 Å².